The van der Waals surface area contributed by atoms with Crippen molar-refractivity contribution in [3.8, 4) is 0 Å². The summed E-state index contributed by atoms with van der Waals surface area (Å²) in [5.74, 6) is -19.1. The molecule has 41 nitrogen and oxygen atoms in total. The maximum atomic E-state index is 10.9. The largest absolute Gasteiger partial charge is 0.478 e. The number of ketones is 2. The molecule has 0 spiro atoms. The molecule has 25 N–H and O–H groups in total. The molecule has 1 aliphatic heterocycles. The molecule has 0 fully saturated rings. The minimum Gasteiger partial charge on any atom is -0.478 e. The fraction of sp³-hybridized carbons (Fsp3) is 0.150. The molecule has 0 radical (unpaired) electrons. The smallest absolute Gasteiger partial charge is 0.338 e. The van der Waals surface area contributed by atoms with Gasteiger partial charge in [-0.1, -0.05) is 0 Å². The van der Waals surface area contributed by atoms with Crippen molar-refractivity contribution in [2.45, 2.75) is 12.8 Å². The number of aliphatic carboxylic acids is 2. The number of carbonyl (C=O) groups excluding carboxylic acids is 18. The zero-order valence-electron chi connectivity index (χ0n) is 41.0. The molecule has 0 aromatic rings. The first-order valence-electron chi connectivity index (χ1n) is 19.1. The van der Waals surface area contributed by atoms with Gasteiger partial charge in [-0.25, -0.2) is 38.4 Å². The van der Waals surface area contributed by atoms with Crippen LogP contribution >= 0.6 is 0 Å². The number of amides is 8. The van der Waals surface area contributed by atoms with Crippen LogP contribution in [0.1, 0.15) is 12.8 Å². The van der Waals surface area contributed by atoms with Crippen LogP contribution in [0, 0.1) is 0 Å². The van der Waals surface area contributed by atoms with Gasteiger partial charge in [0.2, 0.25) is 67.4 Å². The summed E-state index contributed by atoms with van der Waals surface area (Å²) in [5.41, 5.74) is 37.1. The van der Waals surface area contributed by atoms with Gasteiger partial charge in [-0.15, -0.1) is 0 Å². The van der Waals surface area contributed by atoms with Crippen molar-refractivity contribution in [2.75, 3.05) is 27.2 Å². The van der Waals surface area contributed by atoms with Gasteiger partial charge in [0, 0.05) is 85.1 Å². The summed E-state index contributed by atoms with van der Waals surface area (Å²) in [4.78, 5) is 206. The molecule has 0 aromatic carbocycles. The Kier molecular flexibility index (Phi) is 57.5. The predicted octanol–water partition coefficient (Wildman–Crippen LogP) is -10.7. The molecule has 41 heteroatoms. The molecular formula is C40H51N9O32. The molecule has 448 valence electrons. The number of Topliss-reactive ketones (excluding diaryl/α,β-unsaturated/α-hetero) is 2. The minimum absolute atomic E-state index is 0. The molecule has 0 aliphatic carbocycles. The highest BCUT2D eigenvalue weighted by Crippen LogP contribution is 1.94. The molecule has 0 bridgehead atoms. The second-order valence-corrected chi connectivity index (χ2v) is 11.5. The Morgan fingerprint density at radius 3 is 0.728 bits per heavy atom. The fourth-order valence-corrected chi connectivity index (χ4v) is 2.39. The van der Waals surface area contributed by atoms with Crippen molar-refractivity contribution < 1.29 is 155 Å². The molecule has 0 saturated heterocycles. The molecule has 1 heterocycles. The van der Waals surface area contributed by atoms with Crippen LogP contribution in [0.2, 0.25) is 0 Å². The first kappa shape index (κ1) is 85.8. The highest BCUT2D eigenvalue weighted by molar-refractivity contribution is 6.38. The summed E-state index contributed by atoms with van der Waals surface area (Å²) in [6.07, 6.45) is 9.55. The van der Waals surface area contributed by atoms with Crippen molar-refractivity contribution in [1.29, 1.82) is 0 Å². The van der Waals surface area contributed by atoms with E-state index in [1.54, 1.807) is 0 Å². The Morgan fingerprint density at radius 1 is 0.383 bits per heavy atom. The van der Waals surface area contributed by atoms with Crippen molar-refractivity contribution >= 4 is 119 Å². The molecule has 0 atom stereocenters. The number of rotatable bonds is 24. The Morgan fingerprint density at radius 2 is 0.580 bits per heavy atom. The first-order chi connectivity index (χ1) is 36.5. The van der Waals surface area contributed by atoms with Gasteiger partial charge in [0.25, 0.3) is 11.8 Å². The lowest BCUT2D eigenvalue weighted by molar-refractivity contribution is -0.169. The first-order valence-corrected chi connectivity index (χ1v) is 19.1. The molecular weight excluding hydrogens is 1120 g/mol. The van der Waals surface area contributed by atoms with Gasteiger partial charge in [-0.2, -0.15) is 0 Å². The van der Waals surface area contributed by atoms with Crippen LogP contribution in [0.15, 0.2) is 85.1 Å². The van der Waals surface area contributed by atoms with E-state index in [0.29, 0.717) is 12.2 Å². The number of primary amides is 8. The van der Waals surface area contributed by atoms with Crippen LogP contribution in [-0.2, 0) is 129 Å². The maximum absolute atomic E-state index is 10.9. The minimum atomic E-state index is -1.30. The van der Waals surface area contributed by atoms with Crippen molar-refractivity contribution in [2.24, 2.45) is 45.9 Å². The third-order valence-electron chi connectivity index (χ3n) is 5.28. The number of ether oxygens (including phenoxy) is 7. The number of nitrogens with two attached hydrogens (primary N) is 8. The van der Waals surface area contributed by atoms with E-state index in [9.17, 15) is 95.9 Å². The summed E-state index contributed by atoms with van der Waals surface area (Å²) in [5, 5.41) is 30.0. The standard InChI is InChI=1S/C9H10N2O8.2C9H10N2O6.2C4H5NO3.C4H2O3.CH4O2.H3N.H2O/c10-8(16)4(12)1-6(14)18-3-19-7(15)2-5(13)9(11)17;2*10-6(12)1-3-8(14)16-5-17-9(15)4-2-7(11)13;2*5-3(6)1-2-4(7)8;5-3-1-2-4(6)7-3;2-1-3;;/h1-3H2,(H2,10,16)(H2,11,17);2*1-4H,5H2,(H2,10,12)(H2,11,13);2*1-2H,(H2,5,6)(H,7,8);1-2H;2-3H,1H2;1H3;1H2/b;2*3-1+,4-2+;2*2-1+;;;;. The van der Waals surface area contributed by atoms with E-state index in [2.05, 4.69) is 56.1 Å². The number of hydrogen-bond acceptors (Lipinski definition) is 30. The number of esters is 8. The number of carbonyl (C=O) groups is 20. The molecule has 0 unspecified atom stereocenters. The third kappa shape index (κ3) is 79.6. The number of carboxylic acids is 2. The van der Waals surface area contributed by atoms with E-state index >= 15 is 0 Å². The van der Waals surface area contributed by atoms with E-state index in [1.807, 2.05) is 0 Å². The van der Waals surface area contributed by atoms with Crippen LogP contribution in [0.4, 0.5) is 0 Å². The van der Waals surface area contributed by atoms with Gasteiger partial charge in [0.05, 0.1) is 0 Å². The van der Waals surface area contributed by atoms with Gasteiger partial charge < -0.3 is 111 Å². The predicted molar refractivity (Wildman–Crippen MR) is 252 cm³/mol. The zero-order chi connectivity index (χ0) is 62.6. The molecule has 81 heavy (non-hydrogen) atoms. The van der Waals surface area contributed by atoms with Crippen molar-refractivity contribution in [3.63, 3.8) is 0 Å². The molecule has 8 amide bonds. The average molecular weight is 1170 g/mol. The van der Waals surface area contributed by atoms with Gasteiger partial charge in [0.1, 0.15) is 19.6 Å². The van der Waals surface area contributed by atoms with E-state index in [-0.39, 0.29) is 11.6 Å². The summed E-state index contributed by atoms with van der Waals surface area (Å²) in [6.45, 7) is -2.95. The summed E-state index contributed by atoms with van der Waals surface area (Å²) >= 11 is 0. The number of aliphatic hydroxyl groups excluding tert-OH is 1. The van der Waals surface area contributed by atoms with Crippen molar-refractivity contribution in [1.82, 2.24) is 6.15 Å². The lowest BCUT2D eigenvalue weighted by Gasteiger charge is -2.04. The highest BCUT2D eigenvalue weighted by atomic mass is 16.7. The Bertz CT molecular complexity index is 2220. The van der Waals surface area contributed by atoms with Gasteiger partial charge >= 0.3 is 59.7 Å². The van der Waals surface area contributed by atoms with Gasteiger partial charge in [0.15, 0.2) is 0 Å². The van der Waals surface area contributed by atoms with Crippen LogP contribution in [0.5, 0.6) is 0 Å². The van der Waals surface area contributed by atoms with Crippen molar-refractivity contribution in [3.05, 3.63) is 85.1 Å². The molecule has 0 aromatic heterocycles. The third-order valence-corrected chi connectivity index (χ3v) is 5.28. The van der Waals surface area contributed by atoms with Crippen LogP contribution < -0.4 is 52.0 Å². The number of aliphatic hydroxyl groups is 2. The monoisotopic (exact) mass is 1170 g/mol. The lowest BCUT2D eigenvalue weighted by atomic mass is 10.3. The summed E-state index contributed by atoms with van der Waals surface area (Å²) in [6, 6.07) is 0. The fourth-order valence-electron chi connectivity index (χ4n) is 2.39. The molecule has 0 saturated carbocycles. The summed E-state index contributed by atoms with van der Waals surface area (Å²) in [7, 11) is 0. The topological polar surface area (TPSA) is 762 Å². The second-order valence-electron chi connectivity index (χ2n) is 11.5. The van der Waals surface area contributed by atoms with E-state index in [4.69, 9.17) is 43.4 Å². The summed E-state index contributed by atoms with van der Waals surface area (Å²) < 4.78 is 29.8. The highest BCUT2D eigenvalue weighted by Gasteiger charge is 2.18. The number of carboxylic acid groups (broad SMARTS) is 2. The Labute approximate surface area is 450 Å². The zero-order valence-corrected chi connectivity index (χ0v) is 41.0. The lowest BCUT2D eigenvalue weighted by Crippen LogP contribution is -2.27. The Hall–Kier alpha value is -12.0. The van der Waals surface area contributed by atoms with E-state index in [0.717, 1.165) is 72.9 Å². The second kappa shape index (κ2) is 54.3. The SMILES string of the molecule is N.NC(=O)/C=C/C(=O)O.NC(=O)/C=C/C(=O)O.NC(=O)/C=C/C(=O)OCOC(=O)/C=C/C(N)=O.NC(=O)/C=C/C(=O)OCOC(=O)/C=C/C(N)=O.NC(=O)C(=O)CC(=O)OCOC(=O)CC(=O)C(N)=O.O.O=C1C=CC(=O)O1.OCO. The average Bonchev–Trinajstić information content (AvgIpc) is 3.72. The maximum Gasteiger partial charge on any atom is 0.338 e. The molecule has 1 aliphatic rings. The number of hydrogen-bond donors (Lipinski definition) is 13. The normalized spacial score (nSPS) is 10.1. The van der Waals surface area contributed by atoms with Crippen LogP contribution in [0.25, 0.3) is 0 Å². The van der Waals surface area contributed by atoms with E-state index in [1.165, 1.54) is 0 Å². The molecule has 1 rings (SSSR count). The van der Waals surface area contributed by atoms with Gasteiger partial charge in [-0.05, 0) is 0 Å². The van der Waals surface area contributed by atoms with E-state index < -0.39 is 159 Å². The Balaban J connectivity index is -0.000000134. The van der Waals surface area contributed by atoms with Gasteiger partial charge in [-0.3, -0.25) is 57.5 Å². The quantitative estimate of drug-likeness (QED) is 0.0107. The number of cyclic esters (lactones) is 2. The van der Waals surface area contributed by atoms with Crippen LogP contribution in [0.3, 0.4) is 0 Å². The van der Waals surface area contributed by atoms with Crippen LogP contribution in [-0.4, -0.2) is 172 Å².